The highest BCUT2D eigenvalue weighted by atomic mass is 32.2. The van der Waals surface area contributed by atoms with Crippen molar-refractivity contribution in [2.24, 2.45) is 7.05 Å². The molecule has 1 saturated heterocycles. The van der Waals surface area contributed by atoms with Gasteiger partial charge in [-0.05, 0) is 42.6 Å². The maximum atomic E-state index is 12.2. The summed E-state index contributed by atoms with van der Waals surface area (Å²) in [6, 6.07) is 5.27. The molecule has 1 aliphatic rings. The van der Waals surface area contributed by atoms with E-state index in [0.717, 1.165) is 17.9 Å². The first-order chi connectivity index (χ1) is 10.1. The number of thioether (sulfide) groups is 1. The van der Waals surface area contributed by atoms with Crippen LogP contribution < -0.4 is 10.9 Å². The van der Waals surface area contributed by atoms with E-state index in [2.05, 4.69) is 10.3 Å². The zero-order chi connectivity index (χ0) is 15.0. The van der Waals surface area contributed by atoms with Gasteiger partial charge in [-0.25, -0.2) is 0 Å². The SMILES string of the molecule is Cn1c(=S)[nH]c2cc(C(=O)N[C@@H]3CCSC3)ccc2c1=O. The zero-order valence-electron chi connectivity index (χ0n) is 11.5. The van der Waals surface area contributed by atoms with Crippen LogP contribution in [-0.4, -0.2) is 33.0 Å². The second kappa shape index (κ2) is 5.65. The lowest BCUT2D eigenvalue weighted by atomic mass is 10.1. The monoisotopic (exact) mass is 321 g/mol. The van der Waals surface area contributed by atoms with Crippen LogP contribution in [-0.2, 0) is 7.05 Å². The summed E-state index contributed by atoms with van der Waals surface area (Å²) in [5.74, 6) is 1.94. The van der Waals surface area contributed by atoms with E-state index in [1.165, 1.54) is 4.57 Å². The Kier molecular flexibility index (Phi) is 3.86. The number of nitrogens with zero attached hydrogens (tertiary/aromatic N) is 1. The second-order valence-electron chi connectivity index (χ2n) is 5.09. The third-order valence-corrected chi connectivity index (χ3v) is 5.17. The summed E-state index contributed by atoms with van der Waals surface area (Å²) in [6.07, 6.45) is 1.01. The van der Waals surface area contributed by atoms with Crippen molar-refractivity contribution in [2.75, 3.05) is 11.5 Å². The molecule has 2 aromatic rings. The number of carbonyl (C=O) groups excluding carboxylic acids is 1. The van der Waals surface area contributed by atoms with Crippen molar-refractivity contribution in [3.8, 4) is 0 Å². The molecule has 1 aromatic carbocycles. The first-order valence-corrected chi connectivity index (χ1v) is 8.24. The van der Waals surface area contributed by atoms with Crippen LogP contribution in [0.1, 0.15) is 16.8 Å². The van der Waals surface area contributed by atoms with Gasteiger partial charge in [-0.15, -0.1) is 0 Å². The standard InChI is InChI=1S/C14H15N3O2S2/c1-17-13(19)10-3-2-8(6-11(10)16-14(17)20)12(18)15-9-4-5-21-7-9/h2-3,6,9H,4-5,7H2,1H3,(H,15,18)(H,16,20)/t9-/m1/s1. The van der Waals surface area contributed by atoms with Crippen LogP contribution in [0, 0.1) is 4.77 Å². The summed E-state index contributed by atoms with van der Waals surface area (Å²) in [7, 11) is 1.62. The van der Waals surface area contributed by atoms with Crippen molar-refractivity contribution in [2.45, 2.75) is 12.5 Å². The topological polar surface area (TPSA) is 66.9 Å². The summed E-state index contributed by atoms with van der Waals surface area (Å²) < 4.78 is 1.73. The third-order valence-electron chi connectivity index (χ3n) is 3.63. The van der Waals surface area contributed by atoms with Crippen LogP contribution in [0.15, 0.2) is 23.0 Å². The van der Waals surface area contributed by atoms with E-state index in [-0.39, 0.29) is 17.5 Å². The number of aromatic amines is 1. The van der Waals surface area contributed by atoms with Gasteiger partial charge in [-0.3, -0.25) is 14.2 Å². The molecular weight excluding hydrogens is 306 g/mol. The first-order valence-electron chi connectivity index (χ1n) is 6.68. The van der Waals surface area contributed by atoms with Gasteiger partial charge in [0, 0.05) is 24.4 Å². The fourth-order valence-electron chi connectivity index (χ4n) is 2.36. The Hall–Kier alpha value is -1.60. The van der Waals surface area contributed by atoms with Crippen LogP contribution in [0.5, 0.6) is 0 Å². The van der Waals surface area contributed by atoms with Crippen molar-refractivity contribution < 1.29 is 4.79 Å². The molecule has 1 aromatic heterocycles. The van der Waals surface area contributed by atoms with Crippen LogP contribution in [0.3, 0.4) is 0 Å². The van der Waals surface area contributed by atoms with Crippen molar-refractivity contribution in [1.29, 1.82) is 0 Å². The minimum absolute atomic E-state index is 0.107. The summed E-state index contributed by atoms with van der Waals surface area (Å²) in [5, 5.41) is 3.54. The highest BCUT2D eigenvalue weighted by molar-refractivity contribution is 7.99. The normalized spacial score (nSPS) is 18.0. The summed E-state index contributed by atoms with van der Waals surface area (Å²) in [4.78, 5) is 27.3. The molecule has 1 atom stereocenters. The van der Waals surface area contributed by atoms with Gasteiger partial charge in [0.25, 0.3) is 11.5 Å². The average molecular weight is 321 g/mol. The Labute approximate surface area is 130 Å². The Morgan fingerprint density at radius 2 is 2.33 bits per heavy atom. The Balaban J connectivity index is 1.97. The van der Waals surface area contributed by atoms with Crippen molar-refractivity contribution in [3.63, 3.8) is 0 Å². The van der Waals surface area contributed by atoms with Crippen molar-refractivity contribution in [3.05, 3.63) is 38.9 Å². The number of hydrogen-bond acceptors (Lipinski definition) is 4. The Morgan fingerprint density at radius 3 is 3.05 bits per heavy atom. The van der Waals surface area contributed by atoms with Gasteiger partial charge in [-0.2, -0.15) is 11.8 Å². The highest BCUT2D eigenvalue weighted by Crippen LogP contribution is 2.18. The Bertz CT molecular complexity index is 819. The summed E-state index contributed by atoms with van der Waals surface area (Å²) in [6.45, 7) is 0. The molecule has 0 spiro atoms. The van der Waals surface area contributed by atoms with Crippen LogP contribution in [0.25, 0.3) is 10.9 Å². The average Bonchev–Trinajstić information content (AvgIpc) is 2.97. The number of aromatic nitrogens is 2. The van der Waals surface area contributed by atoms with E-state index in [4.69, 9.17) is 12.2 Å². The van der Waals surface area contributed by atoms with Crippen LogP contribution >= 0.6 is 24.0 Å². The predicted octanol–water partition coefficient (Wildman–Crippen LogP) is 1.83. The molecule has 7 heteroatoms. The molecule has 0 saturated carbocycles. The minimum atomic E-state index is -0.159. The molecule has 2 N–H and O–H groups in total. The van der Waals surface area contributed by atoms with E-state index < -0.39 is 0 Å². The molecular formula is C14H15N3O2S2. The van der Waals surface area contributed by atoms with E-state index in [9.17, 15) is 9.59 Å². The largest absolute Gasteiger partial charge is 0.348 e. The van der Waals surface area contributed by atoms with Crippen LogP contribution in [0.4, 0.5) is 0 Å². The lowest BCUT2D eigenvalue weighted by molar-refractivity contribution is 0.0941. The first kappa shape index (κ1) is 14.3. The number of rotatable bonds is 2. The van der Waals surface area contributed by atoms with Gasteiger partial charge in [-0.1, -0.05) is 0 Å². The molecule has 2 heterocycles. The van der Waals surface area contributed by atoms with Gasteiger partial charge in [0.1, 0.15) is 0 Å². The second-order valence-corrected chi connectivity index (χ2v) is 6.63. The molecule has 1 amide bonds. The minimum Gasteiger partial charge on any atom is -0.348 e. The van der Waals surface area contributed by atoms with E-state index in [1.54, 1.807) is 25.2 Å². The quantitative estimate of drug-likeness (QED) is 0.828. The Morgan fingerprint density at radius 1 is 1.52 bits per heavy atom. The maximum absolute atomic E-state index is 12.2. The molecule has 0 radical (unpaired) electrons. The van der Waals surface area contributed by atoms with E-state index in [0.29, 0.717) is 21.2 Å². The summed E-state index contributed by atoms with van der Waals surface area (Å²) >= 11 is 6.95. The number of carbonyl (C=O) groups is 1. The predicted molar refractivity (Wildman–Crippen MR) is 87.6 cm³/mol. The van der Waals surface area contributed by atoms with Gasteiger partial charge in [0.05, 0.1) is 10.9 Å². The molecule has 1 fully saturated rings. The molecule has 0 aliphatic carbocycles. The number of benzene rings is 1. The lowest BCUT2D eigenvalue weighted by Crippen LogP contribution is -2.34. The highest BCUT2D eigenvalue weighted by Gasteiger charge is 2.18. The molecule has 3 rings (SSSR count). The lowest BCUT2D eigenvalue weighted by Gasteiger charge is -2.11. The molecule has 110 valence electrons. The van der Waals surface area contributed by atoms with Crippen molar-refractivity contribution >= 4 is 40.8 Å². The van der Waals surface area contributed by atoms with Crippen LogP contribution in [0.2, 0.25) is 0 Å². The number of amides is 1. The molecule has 5 nitrogen and oxygen atoms in total. The fraction of sp³-hybridized carbons (Fsp3) is 0.357. The van der Waals surface area contributed by atoms with Gasteiger partial charge in [0.2, 0.25) is 0 Å². The van der Waals surface area contributed by atoms with Gasteiger partial charge < -0.3 is 10.3 Å². The summed E-state index contributed by atoms with van der Waals surface area (Å²) in [5.41, 5.74) is 0.975. The number of nitrogens with one attached hydrogen (secondary N) is 2. The van der Waals surface area contributed by atoms with E-state index in [1.807, 2.05) is 11.8 Å². The molecule has 0 unspecified atom stereocenters. The van der Waals surface area contributed by atoms with Gasteiger partial charge in [0.15, 0.2) is 4.77 Å². The fourth-order valence-corrected chi connectivity index (χ4v) is 3.71. The smallest absolute Gasteiger partial charge is 0.261 e. The number of fused-ring (bicyclic) bond motifs is 1. The molecule has 21 heavy (non-hydrogen) atoms. The third kappa shape index (κ3) is 2.75. The van der Waals surface area contributed by atoms with Crippen molar-refractivity contribution in [1.82, 2.24) is 14.9 Å². The van der Waals surface area contributed by atoms with E-state index >= 15 is 0 Å². The zero-order valence-corrected chi connectivity index (χ0v) is 13.1. The van der Waals surface area contributed by atoms with Gasteiger partial charge >= 0.3 is 0 Å². The number of hydrogen-bond donors (Lipinski definition) is 2. The molecule has 1 aliphatic heterocycles. The maximum Gasteiger partial charge on any atom is 0.261 e. The molecule has 0 bridgehead atoms. The number of H-pyrrole nitrogens is 1.